The average Bonchev–Trinajstić information content (AvgIpc) is 2.95. The number of nitrogens with zero attached hydrogens (tertiary/aromatic N) is 2. The Balaban J connectivity index is 1.79. The summed E-state index contributed by atoms with van der Waals surface area (Å²) in [4.78, 5) is 16.8. The van der Waals surface area contributed by atoms with E-state index in [9.17, 15) is 23.1 Å². The van der Waals surface area contributed by atoms with Gasteiger partial charge in [-0.05, 0) is 24.6 Å². The van der Waals surface area contributed by atoms with Crippen molar-refractivity contribution < 1.29 is 23.1 Å². The number of aliphatic hydroxyl groups is 1. The van der Waals surface area contributed by atoms with Gasteiger partial charge in [-0.15, -0.1) is 0 Å². The lowest BCUT2D eigenvalue weighted by atomic mass is 9.97. The summed E-state index contributed by atoms with van der Waals surface area (Å²) in [5.41, 5.74) is 0.246. The summed E-state index contributed by atoms with van der Waals surface area (Å²) in [7, 11) is 0. The number of carbonyl (C=O) groups excluding carboxylic acids is 1. The summed E-state index contributed by atoms with van der Waals surface area (Å²) in [6, 6.07) is 5.63. The fraction of sp³-hybridized carbons (Fsp3) is 0.111. The number of para-hydroxylation sites is 1. The molecule has 2 heterocycles. The monoisotopic (exact) mass is 359 g/mol. The van der Waals surface area contributed by atoms with Crippen LogP contribution in [0, 0.1) is 17.5 Å². The van der Waals surface area contributed by atoms with Crippen molar-refractivity contribution in [1.29, 1.82) is 0 Å². The number of imidazole rings is 1. The Morgan fingerprint density at radius 3 is 2.62 bits per heavy atom. The predicted octanol–water partition coefficient (Wildman–Crippen LogP) is 3.61. The lowest BCUT2D eigenvalue weighted by molar-refractivity contribution is -0.111. The van der Waals surface area contributed by atoms with E-state index in [0.717, 1.165) is 12.1 Å². The minimum atomic E-state index is -0.938. The Kier molecular flexibility index (Phi) is 3.68. The molecule has 0 aliphatic heterocycles. The van der Waals surface area contributed by atoms with E-state index in [4.69, 9.17) is 0 Å². The number of carbonyl (C=O) groups is 1. The van der Waals surface area contributed by atoms with E-state index in [1.165, 1.54) is 24.4 Å². The van der Waals surface area contributed by atoms with Gasteiger partial charge in [-0.1, -0.05) is 6.07 Å². The van der Waals surface area contributed by atoms with Crippen LogP contribution in [0.5, 0.6) is 0 Å². The summed E-state index contributed by atoms with van der Waals surface area (Å²) in [6.07, 6.45) is 2.02. The molecule has 1 aromatic carbocycles. The first-order chi connectivity index (χ1) is 12.5. The molecule has 0 saturated carbocycles. The van der Waals surface area contributed by atoms with Crippen LogP contribution in [0.1, 0.15) is 17.8 Å². The highest BCUT2D eigenvalue weighted by Gasteiger charge is 2.29. The second kappa shape index (κ2) is 5.91. The molecule has 2 N–H and O–H groups in total. The van der Waals surface area contributed by atoms with Gasteiger partial charge in [0.05, 0.1) is 5.69 Å². The zero-order chi connectivity index (χ0) is 18.4. The molecule has 5 nitrogen and oxygen atoms in total. The van der Waals surface area contributed by atoms with Crippen LogP contribution in [0.3, 0.4) is 0 Å². The van der Waals surface area contributed by atoms with Gasteiger partial charge >= 0.3 is 0 Å². The topological polar surface area (TPSA) is 66.6 Å². The van der Waals surface area contributed by atoms with Gasteiger partial charge in [-0.3, -0.25) is 4.79 Å². The van der Waals surface area contributed by atoms with Crippen molar-refractivity contribution in [1.82, 2.24) is 9.38 Å². The van der Waals surface area contributed by atoms with E-state index in [2.05, 4.69) is 10.3 Å². The molecule has 0 bridgehead atoms. The maximum absolute atomic E-state index is 13.8. The number of aryl methyl sites for hydroxylation is 1. The highest BCUT2D eigenvalue weighted by molar-refractivity contribution is 6.26. The maximum Gasteiger partial charge on any atom is 0.261 e. The smallest absolute Gasteiger partial charge is 0.261 e. The van der Waals surface area contributed by atoms with Crippen LogP contribution in [0.4, 0.5) is 18.9 Å². The Labute approximate surface area is 145 Å². The van der Waals surface area contributed by atoms with E-state index in [-0.39, 0.29) is 29.1 Å². The molecule has 0 saturated heterocycles. The van der Waals surface area contributed by atoms with E-state index >= 15 is 0 Å². The molecule has 0 unspecified atom stereocenters. The summed E-state index contributed by atoms with van der Waals surface area (Å²) < 4.78 is 42.6. The molecule has 132 valence electrons. The predicted molar refractivity (Wildman–Crippen MR) is 88.0 cm³/mol. The third-order valence-corrected chi connectivity index (χ3v) is 4.24. The van der Waals surface area contributed by atoms with E-state index < -0.39 is 29.0 Å². The third-order valence-electron chi connectivity index (χ3n) is 4.24. The minimum Gasteiger partial charge on any atom is -0.511 e. The minimum absolute atomic E-state index is 0.153. The molecule has 8 heteroatoms. The normalized spacial score (nSPS) is 13.8. The number of hydrogen-bond donors (Lipinski definition) is 2. The molecule has 0 atom stereocenters. The number of halogens is 3. The number of nitrogens with one attached hydrogen (secondary N) is 1. The number of amides is 1. The fourth-order valence-electron chi connectivity index (χ4n) is 3.04. The van der Waals surface area contributed by atoms with Gasteiger partial charge in [0.2, 0.25) is 0 Å². The van der Waals surface area contributed by atoms with Gasteiger partial charge in [0, 0.05) is 18.7 Å². The Morgan fingerprint density at radius 1 is 1.15 bits per heavy atom. The summed E-state index contributed by atoms with van der Waals surface area (Å²) >= 11 is 0. The van der Waals surface area contributed by atoms with Gasteiger partial charge in [0.1, 0.15) is 45.8 Å². The molecule has 0 fully saturated rings. The SMILES string of the molecule is O=C(Nc1c(F)cccc1F)C1=C(O)CCc2c1nc1cc(F)ccn21. The number of fused-ring (bicyclic) bond motifs is 3. The number of hydrogen-bond acceptors (Lipinski definition) is 3. The first kappa shape index (κ1) is 16.2. The second-order valence-electron chi connectivity index (χ2n) is 5.85. The van der Waals surface area contributed by atoms with Gasteiger partial charge in [-0.25, -0.2) is 18.2 Å². The highest BCUT2D eigenvalue weighted by atomic mass is 19.1. The lowest BCUT2D eigenvalue weighted by Gasteiger charge is -2.16. The van der Waals surface area contributed by atoms with Gasteiger partial charge in [0.25, 0.3) is 5.91 Å². The van der Waals surface area contributed by atoms with Crippen LogP contribution in [0.2, 0.25) is 0 Å². The maximum atomic E-state index is 13.8. The number of benzene rings is 1. The first-order valence-electron chi connectivity index (χ1n) is 7.80. The van der Waals surface area contributed by atoms with Crippen molar-refractivity contribution in [3.05, 3.63) is 71.1 Å². The molecule has 0 radical (unpaired) electrons. The number of rotatable bonds is 2. The molecule has 2 aromatic heterocycles. The van der Waals surface area contributed by atoms with Gasteiger partial charge < -0.3 is 14.8 Å². The lowest BCUT2D eigenvalue weighted by Crippen LogP contribution is -2.20. The number of aromatic nitrogens is 2. The van der Waals surface area contributed by atoms with Crippen molar-refractivity contribution in [2.75, 3.05) is 5.32 Å². The van der Waals surface area contributed by atoms with Gasteiger partial charge in [-0.2, -0.15) is 0 Å². The zero-order valence-electron chi connectivity index (χ0n) is 13.3. The number of allylic oxidation sites excluding steroid dienone is 1. The quantitative estimate of drug-likeness (QED) is 0.735. The zero-order valence-corrected chi connectivity index (χ0v) is 13.3. The van der Waals surface area contributed by atoms with Crippen molar-refractivity contribution >= 4 is 22.8 Å². The number of anilines is 1. The molecule has 1 aliphatic rings. The van der Waals surface area contributed by atoms with Crippen molar-refractivity contribution in [3.8, 4) is 0 Å². The largest absolute Gasteiger partial charge is 0.511 e. The molecule has 26 heavy (non-hydrogen) atoms. The van der Waals surface area contributed by atoms with Crippen LogP contribution in [-0.2, 0) is 11.2 Å². The van der Waals surface area contributed by atoms with Crippen molar-refractivity contribution in [2.24, 2.45) is 0 Å². The van der Waals surface area contributed by atoms with E-state index in [1.807, 2.05) is 0 Å². The third kappa shape index (κ3) is 2.50. The van der Waals surface area contributed by atoms with Crippen molar-refractivity contribution in [3.63, 3.8) is 0 Å². The van der Waals surface area contributed by atoms with Crippen LogP contribution >= 0.6 is 0 Å². The second-order valence-corrected chi connectivity index (χ2v) is 5.85. The molecular weight excluding hydrogens is 347 g/mol. The van der Waals surface area contributed by atoms with Crippen LogP contribution < -0.4 is 5.32 Å². The number of pyridine rings is 1. The molecule has 0 spiro atoms. The summed E-state index contributed by atoms with van der Waals surface area (Å²) in [6.45, 7) is 0. The molecular formula is C18H12F3N3O2. The first-order valence-corrected chi connectivity index (χ1v) is 7.80. The molecule has 4 rings (SSSR count). The summed E-state index contributed by atoms with van der Waals surface area (Å²) in [5, 5.41) is 12.3. The van der Waals surface area contributed by atoms with E-state index in [0.29, 0.717) is 12.1 Å². The van der Waals surface area contributed by atoms with Crippen LogP contribution in [0.25, 0.3) is 11.2 Å². The van der Waals surface area contributed by atoms with Crippen LogP contribution in [-0.4, -0.2) is 20.4 Å². The average molecular weight is 359 g/mol. The Bertz CT molecular complexity index is 1070. The molecule has 3 aromatic rings. The van der Waals surface area contributed by atoms with E-state index in [1.54, 1.807) is 4.40 Å². The standard InChI is InChI=1S/C18H12F3N3O2/c19-9-6-7-24-12-4-5-13(25)15(17(12)22-14(24)8-9)18(26)23-16-10(20)2-1-3-11(16)21/h1-3,6-8,25H,4-5H2,(H,23,26). The fourth-order valence-corrected chi connectivity index (χ4v) is 3.04. The Hall–Kier alpha value is -3.29. The molecule has 1 aliphatic carbocycles. The van der Waals surface area contributed by atoms with Crippen molar-refractivity contribution in [2.45, 2.75) is 12.8 Å². The van der Waals surface area contributed by atoms with Gasteiger partial charge in [0.15, 0.2) is 0 Å². The van der Waals surface area contributed by atoms with Crippen LogP contribution in [0.15, 0.2) is 42.3 Å². The summed E-state index contributed by atoms with van der Waals surface area (Å²) in [5.74, 6) is -3.50. The molecule has 1 amide bonds. The number of aliphatic hydroxyl groups excluding tert-OH is 1. The Morgan fingerprint density at radius 2 is 1.88 bits per heavy atom. The highest BCUT2D eigenvalue weighted by Crippen LogP contribution is 2.32.